The molecule has 0 bridgehead atoms. The van der Waals surface area contributed by atoms with E-state index in [9.17, 15) is 9.59 Å². The number of carbonyl (C=O) groups is 2. The van der Waals surface area contributed by atoms with Crippen LogP contribution in [0.25, 0.3) is 0 Å². The summed E-state index contributed by atoms with van der Waals surface area (Å²) in [5.74, 6) is -0.587. The fraction of sp³-hybridized carbons (Fsp3) is 0.429. The van der Waals surface area contributed by atoms with Crippen LogP contribution in [0.4, 0.5) is 0 Å². The maximum Gasteiger partial charge on any atom is 0.311 e. The molecule has 5 heteroatoms. The molecule has 0 atom stereocenters. The van der Waals surface area contributed by atoms with E-state index >= 15 is 0 Å². The van der Waals surface area contributed by atoms with Crippen molar-refractivity contribution in [3.8, 4) is 0 Å². The van der Waals surface area contributed by atoms with Gasteiger partial charge in [0, 0.05) is 11.4 Å². The van der Waals surface area contributed by atoms with Crippen LogP contribution >= 0.6 is 11.8 Å². The predicted molar refractivity (Wildman–Crippen MR) is 74.1 cm³/mol. The molecule has 2 rings (SSSR count). The van der Waals surface area contributed by atoms with Crippen molar-refractivity contribution in [1.82, 2.24) is 5.32 Å². The lowest BCUT2D eigenvalue weighted by Crippen LogP contribution is -2.47. The van der Waals surface area contributed by atoms with Gasteiger partial charge in [-0.1, -0.05) is 24.6 Å². The maximum atomic E-state index is 11.7. The van der Waals surface area contributed by atoms with Crippen LogP contribution in [-0.4, -0.2) is 29.3 Å². The van der Waals surface area contributed by atoms with Gasteiger partial charge in [-0.3, -0.25) is 9.59 Å². The molecular weight excluding hydrogens is 262 g/mol. The van der Waals surface area contributed by atoms with Crippen molar-refractivity contribution < 1.29 is 14.7 Å². The highest BCUT2D eigenvalue weighted by Crippen LogP contribution is 2.40. The minimum atomic E-state index is -0.797. The molecule has 4 nitrogen and oxygen atoms in total. The van der Waals surface area contributed by atoms with Crippen LogP contribution in [0.1, 0.15) is 19.3 Å². The maximum absolute atomic E-state index is 11.7. The number of nitrogens with one attached hydrogen (secondary N) is 1. The zero-order valence-electron chi connectivity index (χ0n) is 10.6. The zero-order chi connectivity index (χ0) is 13.7. The summed E-state index contributed by atoms with van der Waals surface area (Å²) in [6.07, 6.45) is 2.25. The molecule has 1 aromatic carbocycles. The van der Waals surface area contributed by atoms with Crippen molar-refractivity contribution in [2.45, 2.75) is 24.2 Å². The standard InChI is InChI=1S/C14H17NO3S/c16-12(9-19-11-5-2-1-3-6-11)15-10-14(13(17)18)7-4-8-14/h1-3,5-6H,4,7-10H2,(H,15,16)(H,17,18). The van der Waals surface area contributed by atoms with Gasteiger partial charge in [0.2, 0.25) is 5.91 Å². The Balaban J connectivity index is 1.74. The van der Waals surface area contributed by atoms with Gasteiger partial charge >= 0.3 is 5.97 Å². The third-order valence-corrected chi connectivity index (χ3v) is 4.51. The van der Waals surface area contributed by atoms with E-state index in [4.69, 9.17) is 5.11 Å². The predicted octanol–water partition coefficient (Wildman–Crippen LogP) is 2.15. The van der Waals surface area contributed by atoms with E-state index in [2.05, 4.69) is 5.32 Å². The van der Waals surface area contributed by atoms with E-state index < -0.39 is 11.4 Å². The molecule has 0 spiro atoms. The first-order valence-electron chi connectivity index (χ1n) is 6.30. The van der Waals surface area contributed by atoms with Crippen LogP contribution in [-0.2, 0) is 9.59 Å². The average molecular weight is 279 g/mol. The summed E-state index contributed by atoms with van der Waals surface area (Å²) in [6.45, 7) is 0.247. The molecule has 0 aromatic heterocycles. The summed E-state index contributed by atoms with van der Waals surface area (Å²) in [5.41, 5.74) is -0.715. The summed E-state index contributed by atoms with van der Waals surface area (Å²) >= 11 is 1.45. The van der Waals surface area contributed by atoms with E-state index in [0.717, 1.165) is 11.3 Å². The first-order chi connectivity index (χ1) is 9.12. The van der Waals surface area contributed by atoms with Gasteiger partial charge in [0.15, 0.2) is 0 Å². The van der Waals surface area contributed by atoms with Crippen LogP contribution in [0, 0.1) is 5.41 Å². The lowest BCUT2D eigenvalue weighted by atomic mass is 9.69. The van der Waals surface area contributed by atoms with E-state index in [1.165, 1.54) is 11.8 Å². The number of hydrogen-bond acceptors (Lipinski definition) is 3. The molecule has 0 radical (unpaired) electrons. The van der Waals surface area contributed by atoms with Crippen LogP contribution in [0.3, 0.4) is 0 Å². The Hall–Kier alpha value is -1.49. The SMILES string of the molecule is O=C(CSc1ccccc1)NCC1(C(=O)O)CCC1. The van der Waals surface area contributed by atoms with Gasteiger partial charge in [0.05, 0.1) is 11.2 Å². The van der Waals surface area contributed by atoms with Crippen LogP contribution in [0.2, 0.25) is 0 Å². The molecule has 0 heterocycles. The van der Waals surface area contributed by atoms with Crippen LogP contribution < -0.4 is 5.32 Å². The number of amides is 1. The van der Waals surface area contributed by atoms with E-state index in [0.29, 0.717) is 18.6 Å². The van der Waals surface area contributed by atoms with Crippen molar-refractivity contribution in [3.05, 3.63) is 30.3 Å². The Kier molecular flexibility index (Phi) is 4.47. The molecule has 1 aliphatic rings. The molecule has 102 valence electrons. The molecule has 2 N–H and O–H groups in total. The summed E-state index contributed by atoms with van der Waals surface area (Å²) < 4.78 is 0. The Morgan fingerprint density at radius 2 is 1.95 bits per heavy atom. The highest BCUT2D eigenvalue weighted by atomic mass is 32.2. The Labute approximate surface area is 116 Å². The first kappa shape index (κ1) is 13.9. The monoisotopic (exact) mass is 279 g/mol. The highest BCUT2D eigenvalue weighted by molar-refractivity contribution is 8.00. The van der Waals surface area contributed by atoms with Gasteiger partial charge in [0.1, 0.15) is 0 Å². The van der Waals surface area contributed by atoms with Crippen molar-refractivity contribution >= 4 is 23.6 Å². The smallest absolute Gasteiger partial charge is 0.311 e. The molecule has 0 unspecified atom stereocenters. The molecule has 0 aliphatic heterocycles. The van der Waals surface area contributed by atoms with E-state index in [1.807, 2.05) is 30.3 Å². The third kappa shape index (κ3) is 3.50. The fourth-order valence-electron chi connectivity index (χ4n) is 2.05. The average Bonchev–Trinajstić information content (AvgIpc) is 2.36. The zero-order valence-corrected chi connectivity index (χ0v) is 11.4. The first-order valence-corrected chi connectivity index (χ1v) is 7.29. The van der Waals surface area contributed by atoms with Crippen LogP contribution in [0.5, 0.6) is 0 Å². The second-order valence-electron chi connectivity index (χ2n) is 4.82. The number of carboxylic acids is 1. The molecule has 1 aromatic rings. The van der Waals surface area contributed by atoms with Gasteiger partial charge in [-0.15, -0.1) is 11.8 Å². The molecule has 1 saturated carbocycles. The van der Waals surface area contributed by atoms with Crippen molar-refractivity contribution in [3.63, 3.8) is 0 Å². The number of carboxylic acid groups (broad SMARTS) is 1. The van der Waals surface area contributed by atoms with Gasteiger partial charge in [-0.25, -0.2) is 0 Å². The minimum absolute atomic E-state index is 0.110. The Morgan fingerprint density at radius 3 is 2.47 bits per heavy atom. The second kappa shape index (κ2) is 6.10. The molecule has 1 aliphatic carbocycles. The Morgan fingerprint density at radius 1 is 1.26 bits per heavy atom. The van der Waals surface area contributed by atoms with Gasteiger partial charge in [-0.2, -0.15) is 0 Å². The van der Waals surface area contributed by atoms with Crippen molar-refractivity contribution in [2.75, 3.05) is 12.3 Å². The molecule has 1 amide bonds. The number of benzene rings is 1. The topological polar surface area (TPSA) is 66.4 Å². The lowest BCUT2D eigenvalue weighted by Gasteiger charge is -2.37. The number of hydrogen-bond donors (Lipinski definition) is 2. The lowest BCUT2D eigenvalue weighted by molar-refractivity contribution is -0.154. The van der Waals surface area contributed by atoms with Crippen LogP contribution in [0.15, 0.2) is 35.2 Å². The van der Waals surface area contributed by atoms with Crippen molar-refractivity contribution in [2.24, 2.45) is 5.41 Å². The van der Waals surface area contributed by atoms with Gasteiger partial charge in [0.25, 0.3) is 0 Å². The quantitative estimate of drug-likeness (QED) is 0.783. The van der Waals surface area contributed by atoms with Gasteiger partial charge in [-0.05, 0) is 25.0 Å². The van der Waals surface area contributed by atoms with E-state index in [1.54, 1.807) is 0 Å². The number of thioether (sulfide) groups is 1. The van der Waals surface area contributed by atoms with E-state index in [-0.39, 0.29) is 12.5 Å². The summed E-state index contributed by atoms with van der Waals surface area (Å²) in [5, 5.41) is 11.9. The van der Waals surface area contributed by atoms with Gasteiger partial charge < -0.3 is 10.4 Å². The minimum Gasteiger partial charge on any atom is -0.481 e. The molecular formula is C14H17NO3S. The molecule has 0 saturated heterocycles. The summed E-state index contributed by atoms with van der Waals surface area (Å²) in [6, 6.07) is 9.67. The normalized spacial score (nSPS) is 16.4. The second-order valence-corrected chi connectivity index (χ2v) is 5.87. The number of aliphatic carboxylic acids is 1. The Bertz CT molecular complexity index is 457. The summed E-state index contributed by atoms with van der Waals surface area (Å²) in [7, 11) is 0. The number of rotatable bonds is 6. The summed E-state index contributed by atoms with van der Waals surface area (Å²) in [4.78, 5) is 23.9. The fourth-order valence-corrected chi connectivity index (χ4v) is 2.80. The highest BCUT2D eigenvalue weighted by Gasteiger charge is 2.44. The molecule has 19 heavy (non-hydrogen) atoms. The largest absolute Gasteiger partial charge is 0.481 e. The molecule has 1 fully saturated rings. The third-order valence-electron chi connectivity index (χ3n) is 3.50. The number of carbonyl (C=O) groups excluding carboxylic acids is 1. The van der Waals surface area contributed by atoms with Crippen molar-refractivity contribution in [1.29, 1.82) is 0 Å².